The fourth-order valence-corrected chi connectivity index (χ4v) is 6.53. The van der Waals surface area contributed by atoms with Crippen molar-refractivity contribution >= 4 is 29.1 Å². The van der Waals surface area contributed by atoms with Crippen molar-refractivity contribution in [2.75, 3.05) is 10.2 Å². The van der Waals surface area contributed by atoms with Crippen molar-refractivity contribution in [3.8, 4) is 0 Å². The molecular weight excluding hydrogens is 461 g/mol. The van der Waals surface area contributed by atoms with E-state index in [4.69, 9.17) is 4.74 Å². The maximum Gasteiger partial charge on any atom is 0.246 e. The summed E-state index contributed by atoms with van der Waals surface area (Å²) < 4.78 is 21.5. The Morgan fingerprint density at radius 1 is 1.00 bits per heavy atom. The van der Waals surface area contributed by atoms with Gasteiger partial charge in [-0.15, -0.1) is 0 Å². The summed E-state index contributed by atoms with van der Waals surface area (Å²) in [6.07, 6.45) is 7.28. The number of anilines is 2. The van der Waals surface area contributed by atoms with Gasteiger partial charge in [-0.2, -0.15) is 0 Å². The third-order valence-corrected chi connectivity index (χ3v) is 8.08. The predicted octanol–water partition coefficient (Wildman–Crippen LogP) is 3.57. The molecule has 7 nitrogen and oxygen atoms in total. The average Bonchev–Trinajstić information content (AvgIpc) is 3.60. The Hall–Kier alpha value is -3.52. The van der Waals surface area contributed by atoms with Gasteiger partial charge < -0.3 is 15.4 Å². The number of fused-ring (bicyclic) bond motifs is 1. The molecule has 1 aliphatic carbocycles. The van der Waals surface area contributed by atoms with Crippen molar-refractivity contribution in [2.24, 2.45) is 11.8 Å². The predicted molar refractivity (Wildman–Crippen MR) is 131 cm³/mol. The summed E-state index contributed by atoms with van der Waals surface area (Å²) in [6.45, 7) is 1.76. The molecule has 0 radical (unpaired) electrons. The number of halogens is 1. The first-order valence-electron chi connectivity index (χ1n) is 12.5. The molecule has 3 fully saturated rings. The molecule has 2 aromatic carbocycles. The number of nitrogens with one attached hydrogen (secondary N) is 2. The molecule has 1 spiro atoms. The molecule has 2 aromatic rings. The maximum atomic E-state index is 15.0. The van der Waals surface area contributed by atoms with Gasteiger partial charge in [0.25, 0.3) is 0 Å². The second-order valence-corrected chi connectivity index (χ2v) is 10.3. The fourth-order valence-electron chi connectivity index (χ4n) is 6.53. The second-order valence-electron chi connectivity index (χ2n) is 10.3. The largest absolute Gasteiger partial charge is 0.356 e. The fraction of sp³-hybridized carbons (Fsp3) is 0.393. The molecule has 36 heavy (non-hydrogen) atoms. The van der Waals surface area contributed by atoms with E-state index >= 15 is 4.39 Å². The van der Waals surface area contributed by atoms with Crippen LogP contribution in [0.5, 0.6) is 0 Å². The third kappa shape index (κ3) is 3.31. The zero-order chi connectivity index (χ0) is 25.1. The first kappa shape index (κ1) is 22.9. The van der Waals surface area contributed by atoms with E-state index in [-0.39, 0.29) is 23.5 Å². The molecule has 3 amide bonds. The van der Waals surface area contributed by atoms with Crippen LogP contribution in [0.4, 0.5) is 15.8 Å². The Morgan fingerprint density at radius 3 is 2.42 bits per heavy atom. The van der Waals surface area contributed by atoms with E-state index in [1.54, 1.807) is 49.4 Å². The van der Waals surface area contributed by atoms with E-state index in [0.29, 0.717) is 5.69 Å². The quantitative estimate of drug-likeness (QED) is 0.629. The molecule has 0 aromatic heterocycles. The van der Waals surface area contributed by atoms with E-state index in [2.05, 4.69) is 10.6 Å². The van der Waals surface area contributed by atoms with Crippen LogP contribution in [0.1, 0.15) is 32.6 Å². The number of carbonyl (C=O) groups is 3. The van der Waals surface area contributed by atoms with Crippen LogP contribution < -0.4 is 15.5 Å². The lowest BCUT2D eigenvalue weighted by Gasteiger charge is -2.33. The topological polar surface area (TPSA) is 87.7 Å². The van der Waals surface area contributed by atoms with Gasteiger partial charge in [0.2, 0.25) is 17.7 Å². The van der Waals surface area contributed by atoms with Crippen LogP contribution in [-0.4, -0.2) is 41.0 Å². The summed E-state index contributed by atoms with van der Waals surface area (Å²) in [5.74, 6) is -3.74. The van der Waals surface area contributed by atoms with Crippen LogP contribution in [0.25, 0.3) is 0 Å². The van der Waals surface area contributed by atoms with Crippen molar-refractivity contribution in [3.63, 3.8) is 0 Å². The number of carbonyl (C=O) groups excluding carboxylic acids is 3. The Balaban J connectivity index is 1.42. The Bertz CT molecular complexity index is 1260. The number of rotatable bonds is 5. The molecule has 5 unspecified atom stereocenters. The molecule has 2 bridgehead atoms. The first-order chi connectivity index (χ1) is 17.3. The number of amides is 3. The van der Waals surface area contributed by atoms with Crippen LogP contribution in [0, 0.1) is 17.7 Å². The molecular formula is C28H28FN3O4. The average molecular weight is 490 g/mol. The van der Waals surface area contributed by atoms with Crippen LogP contribution in [-0.2, 0) is 19.1 Å². The molecule has 6 rings (SSSR count). The van der Waals surface area contributed by atoms with E-state index in [1.165, 1.54) is 23.1 Å². The highest BCUT2D eigenvalue weighted by molar-refractivity contribution is 6.11. The van der Waals surface area contributed by atoms with Crippen molar-refractivity contribution in [1.82, 2.24) is 5.32 Å². The van der Waals surface area contributed by atoms with Gasteiger partial charge >= 0.3 is 0 Å². The van der Waals surface area contributed by atoms with Crippen LogP contribution >= 0.6 is 0 Å². The molecule has 8 heteroatoms. The van der Waals surface area contributed by atoms with Gasteiger partial charge in [-0.25, -0.2) is 4.39 Å². The highest BCUT2D eigenvalue weighted by atomic mass is 19.1. The van der Waals surface area contributed by atoms with E-state index in [1.807, 2.05) is 6.07 Å². The molecule has 186 valence electrons. The van der Waals surface area contributed by atoms with Gasteiger partial charge in [-0.3, -0.25) is 19.3 Å². The molecule has 2 saturated heterocycles. The van der Waals surface area contributed by atoms with Gasteiger partial charge in [0.1, 0.15) is 17.5 Å². The van der Waals surface area contributed by atoms with Gasteiger partial charge in [0.05, 0.1) is 23.1 Å². The van der Waals surface area contributed by atoms with E-state index in [0.717, 1.165) is 25.7 Å². The molecule has 4 aliphatic rings. The number of ether oxygens (including phenoxy) is 1. The molecule has 3 aliphatic heterocycles. The minimum Gasteiger partial charge on any atom is -0.356 e. The standard InChI is InChI=1S/C28H28FN3O4/c1-27-15-16-28(36-27)22(21(27)24(33)30-17-9-3-2-4-10-17)26(35)32(20-14-8-7-13-19(20)29)23(28)25(34)31-18-11-5-6-12-18/h2-4,7-10,13-16,18,21-23H,5-6,11-12H2,1H3,(H,30,33)(H,31,34). The minimum atomic E-state index is -1.38. The smallest absolute Gasteiger partial charge is 0.246 e. The minimum absolute atomic E-state index is 0.000804. The zero-order valence-electron chi connectivity index (χ0n) is 19.9. The number of hydrogen-bond donors (Lipinski definition) is 2. The van der Waals surface area contributed by atoms with Crippen molar-refractivity contribution in [3.05, 3.63) is 72.6 Å². The van der Waals surface area contributed by atoms with Crippen LogP contribution in [0.15, 0.2) is 66.7 Å². The Morgan fingerprint density at radius 2 is 1.69 bits per heavy atom. The number of nitrogens with zero attached hydrogens (tertiary/aromatic N) is 1. The summed E-state index contributed by atoms with van der Waals surface area (Å²) in [5, 5.41) is 5.97. The first-order valence-corrected chi connectivity index (χ1v) is 12.5. The lowest BCUT2D eigenvalue weighted by atomic mass is 9.70. The zero-order valence-corrected chi connectivity index (χ0v) is 19.9. The summed E-state index contributed by atoms with van der Waals surface area (Å²) in [4.78, 5) is 42.7. The Labute approximate surface area is 208 Å². The van der Waals surface area contributed by atoms with Gasteiger partial charge in [-0.1, -0.05) is 55.3 Å². The van der Waals surface area contributed by atoms with Gasteiger partial charge in [-0.05, 0) is 44.0 Å². The van der Waals surface area contributed by atoms with Crippen molar-refractivity contribution in [1.29, 1.82) is 0 Å². The molecule has 1 saturated carbocycles. The monoisotopic (exact) mass is 489 g/mol. The lowest BCUT2D eigenvalue weighted by molar-refractivity contribution is -0.131. The number of hydrogen-bond acceptors (Lipinski definition) is 4. The van der Waals surface area contributed by atoms with Crippen LogP contribution in [0.2, 0.25) is 0 Å². The van der Waals surface area contributed by atoms with Crippen molar-refractivity contribution in [2.45, 2.75) is 55.9 Å². The summed E-state index contributed by atoms with van der Waals surface area (Å²) in [7, 11) is 0. The highest BCUT2D eigenvalue weighted by Gasteiger charge is 2.76. The molecule has 3 heterocycles. The highest BCUT2D eigenvalue weighted by Crippen LogP contribution is 2.60. The molecule has 5 atom stereocenters. The third-order valence-electron chi connectivity index (χ3n) is 8.08. The second kappa shape index (κ2) is 8.27. The SMILES string of the molecule is CC12C=CC3(O1)C(C(=O)N(c1ccccc1F)C3C(=O)NC1CCCC1)C2C(=O)Nc1ccccc1. The summed E-state index contributed by atoms with van der Waals surface area (Å²) in [6, 6.07) is 13.7. The van der Waals surface area contributed by atoms with Gasteiger partial charge in [0.15, 0.2) is 0 Å². The maximum absolute atomic E-state index is 15.0. The van der Waals surface area contributed by atoms with Crippen LogP contribution in [0.3, 0.4) is 0 Å². The number of benzene rings is 2. The summed E-state index contributed by atoms with van der Waals surface area (Å²) in [5.41, 5.74) is -1.86. The van der Waals surface area contributed by atoms with Gasteiger partial charge in [0, 0.05) is 11.7 Å². The lowest BCUT2D eigenvalue weighted by Crippen LogP contribution is -2.56. The molecule has 2 N–H and O–H groups in total. The number of para-hydroxylation sites is 2. The normalized spacial score (nSPS) is 32.7. The van der Waals surface area contributed by atoms with E-state index < -0.39 is 40.8 Å². The summed E-state index contributed by atoms with van der Waals surface area (Å²) >= 11 is 0. The van der Waals surface area contributed by atoms with Crippen molar-refractivity contribution < 1.29 is 23.5 Å². The Kier molecular flexibility index (Phi) is 5.26. The van der Waals surface area contributed by atoms with E-state index in [9.17, 15) is 14.4 Å².